The van der Waals surface area contributed by atoms with Gasteiger partial charge in [0.05, 0.1) is 0 Å². The first-order valence-electron chi connectivity index (χ1n) is 10.5. The molecular weight excluding hydrogens is 350 g/mol. The molecule has 29 heavy (non-hydrogen) atoms. The van der Waals surface area contributed by atoms with Crippen molar-refractivity contribution in [2.75, 3.05) is 4.90 Å². The zero-order chi connectivity index (χ0) is 20.4. The number of allylic oxidation sites excluding steroid dienone is 3. The van der Waals surface area contributed by atoms with Crippen molar-refractivity contribution in [1.82, 2.24) is 0 Å². The summed E-state index contributed by atoms with van der Waals surface area (Å²) in [5.74, 6) is 0. The average Bonchev–Trinajstić information content (AvgIpc) is 2.74. The first kappa shape index (κ1) is 19.3. The summed E-state index contributed by atoms with van der Waals surface area (Å²) in [5, 5.41) is 0. The highest BCUT2D eigenvalue weighted by molar-refractivity contribution is 5.80. The minimum absolute atomic E-state index is 1.09. The molecule has 4 rings (SSSR count). The summed E-state index contributed by atoms with van der Waals surface area (Å²) < 4.78 is 0. The van der Waals surface area contributed by atoms with Gasteiger partial charge in [-0.25, -0.2) is 0 Å². The molecule has 0 radical (unpaired) electrons. The molecule has 0 spiro atoms. The quantitative estimate of drug-likeness (QED) is 0.444. The van der Waals surface area contributed by atoms with Crippen LogP contribution in [0.5, 0.6) is 0 Å². The van der Waals surface area contributed by atoms with Crippen LogP contribution in [-0.2, 0) is 0 Å². The maximum absolute atomic E-state index is 2.43. The van der Waals surface area contributed by atoms with E-state index in [1.54, 1.807) is 0 Å². The van der Waals surface area contributed by atoms with Crippen LogP contribution in [0.15, 0.2) is 84.6 Å². The van der Waals surface area contributed by atoms with Gasteiger partial charge in [-0.15, -0.1) is 0 Å². The summed E-state index contributed by atoms with van der Waals surface area (Å²) >= 11 is 0. The minimum atomic E-state index is 1.09. The van der Waals surface area contributed by atoms with Gasteiger partial charge < -0.3 is 4.90 Å². The number of nitrogens with zero attached hydrogens (tertiary/aromatic N) is 1. The molecule has 0 atom stereocenters. The predicted molar refractivity (Wildman–Crippen MR) is 126 cm³/mol. The molecule has 0 saturated carbocycles. The Labute approximate surface area is 175 Å². The summed E-state index contributed by atoms with van der Waals surface area (Å²) in [6.45, 7) is 8.89. The molecule has 0 aromatic heterocycles. The van der Waals surface area contributed by atoms with Crippen molar-refractivity contribution in [3.63, 3.8) is 0 Å². The van der Waals surface area contributed by atoms with E-state index >= 15 is 0 Å². The van der Waals surface area contributed by atoms with Crippen LogP contribution in [0.2, 0.25) is 0 Å². The fourth-order valence-electron chi connectivity index (χ4n) is 4.20. The molecule has 0 heterocycles. The van der Waals surface area contributed by atoms with E-state index < -0.39 is 0 Å². The fourth-order valence-corrected chi connectivity index (χ4v) is 4.20. The third-order valence-corrected chi connectivity index (χ3v) is 6.02. The first-order chi connectivity index (χ1) is 14.1. The SMILES string of the molecule is Cc1ccccc1-c1ccc(N(C2=CCCC=C2)c2ccccc2C)c(C)c1C. The lowest BCUT2D eigenvalue weighted by Gasteiger charge is -2.31. The Hall–Kier alpha value is -3.06. The van der Waals surface area contributed by atoms with Gasteiger partial charge in [-0.2, -0.15) is 0 Å². The molecule has 3 aromatic carbocycles. The third-order valence-electron chi connectivity index (χ3n) is 6.02. The Kier molecular flexibility index (Phi) is 5.40. The van der Waals surface area contributed by atoms with Crippen LogP contribution in [-0.4, -0.2) is 0 Å². The number of aryl methyl sites for hydroxylation is 2. The smallest absolute Gasteiger partial charge is 0.0493 e. The molecule has 0 fully saturated rings. The topological polar surface area (TPSA) is 3.24 Å². The van der Waals surface area contributed by atoms with Gasteiger partial charge in [0.2, 0.25) is 0 Å². The summed E-state index contributed by atoms with van der Waals surface area (Å²) in [5.41, 5.74) is 11.7. The van der Waals surface area contributed by atoms with Crippen LogP contribution in [0, 0.1) is 27.7 Å². The van der Waals surface area contributed by atoms with E-state index in [4.69, 9.17) is 0 Å². The van der Waals surface area contributed by atoms with Gasteiger partial charge in [-0.3, -0.25) is 0 Å². The Balaban J connectivity index is 1.89. The molecular formula is C28H29N. The number of rotatable bonds is 4. The molecule has 0 unspecified atom stereocenters. The summed E-state index contributed by atoms with van der Waals surface area (Å²) in [6, 6.07) is 21.9. The van der Waals surface area contributed by atoms with Gasteiger partial charge in [-0.05, 0) is 92.1 Å². The molecule has 0 aliphatic heterocycles. The second-order valence-electron chi connectivity index (χ2n) is 7.93. The number of anilines is 2. The molecule has 3 aromatic rings. The molecule has 0 saturated heterocycles. The number of hydrogen-bond acceptors (Lipinski definition) is 1. The first-order valence-corrected chi connectivity index (χ1v) is 10.5. The van der Waals surface area contributed by atoms with E-state index in [9.17, 15) is 0 Å². The van der Waals surface area contributed by atoms with Crippen LogP contribution < -0.4 is 4.90 Å². The van der Waals surface area contributed by atoms with Crippen molar-refractivity contribution in [1.29, 1.82) is 0 Å². The van der Waals surface area contributed by atoms with Crippen LogP contribution in [0.4, 0.5) is 11.4 Å². The van der Waals surface area contributed by atoms with E-state index in [1.165, 1.54) is 50.5 Å². The van der Waals surface area contributed by atoms with E-state index in [0.717, 1.165) is 12.8 Å². The van der Waals surface area contributed by atoms with E-state index in [2.05, 4.69) is 111 Å². The van der Waals surface area contributed by atoms with Crippen LogP contribution >= 0.6 is 0 Å². The van der Waals surface area contributed by atoms with Crippen molar-refractivity contribution in [3.8, 4) is 11.1 Å². The second-order valence-corrected chi connectivity index (χ2v) is 7.93. The van der Waals surface area contributed by atoms with Gasteiger partial charge in [0.25, 0.3) is 0 Å². The van der Waals surface area contributed by atoms with Crippen molar-refractivity contribution in [2.24, 2.45) is 0 Å². The molecule has 1 heteroatoms. The Morgan fingerprint density at radius 3 is 2.03 bits per heavy atom. The van der Waals surface area contributed by atoms with E-state index in [-0.39, 0.29) is 0 Å². The highest BCUT2D eigenvalue weighted by Crippen LogP contribution is 2.39. The second kappa shape index (κ2) is 8.13. The molecule has 1 nitrogen and oxygen atoms in total. The molecule has 0 bridgehead atoms. The maximum atomic E-state index is 2.43. The normalized spacial score (nSPS) is 13.3. The largest absolute Gasteiger partial charge is 0.310 e. The molecule has 1 aliphatic carbocycles. The monoisotopic (exact) mass is 379 g/mol. The Morgan fingerprint density at radius 2 is 1.34 bits per heavy atom. The third kappa shape index (κ3) is 3.65. The van der Waals surface area contributed by atoms with Gasteiger partial charge in [0.1, 0.15) is 0 Å². The van der Waals surface area contributed by atoms with Crippen LogP contribution in [0.1, 0.15) is 35.1 Å². The van der Waals surface area contributed by atoms with E-state index in [1.807, 2.05) is 0 Å². The van der Waals surface area contributed by atoms with Gasteiger partial charge in [0, 0.05) is 17.1 Å². The summed E-state index contributed by atoms with van der Waals surface area (Å²) in [6.07, 6.45) is 9.11. The van der Waals surface area contributed by atoms with E-state index in [0.29, 0.717) is 0 Å². The lowest BCUT2D eigenvalue weighted by atomic mass is 9.92. The van der Waals surface area contributed by atoms with Crippen molar-refractivity contribution in [2.45, 2.75) is 40.5 Å². The molecule has 146 valence electrons. The predicted octanol–water partition coefficient (Wildman–Crippen LogP) is 7.96. The Morgan fingerprint density at radius 1 is 0.621 bits per heavy atom. The lowest BCUT2D eigenvalue weighted by Crippen LogP contribution is -2.18. The van der Waals surface area contributed by atoms with Gasteiger partial charge in [0.15, 0.2) is 0 Å². The summed E-state index contributed by atoms with van der Waals surface area (Å²) in [4.78, 5) is 2.43. The van der Waals surface area contributed by atoms with Crippen molar-refractivity contribution in [3.05, 3.63) is 107 Å². The highest BCUT2D eigenvalue weighted by atomic mass is 15.2. The minimum Gasteiger partial charge on any atom is -0.310 e. The maximum Gasteiger partial charge on any atom is 0.0493 e. The molecule has 0 N–H and O–H groups in total. The zero-order valence-electron chi connectivity index (χ0n) is 17.9. The number of hydrogen-bond donors (Lipinski definition) is 0. The highest BCUT2D eigenvalue weighted by Gasteiger charge is 2.20. The van der Waals surface area contributed by atoms with Crippen molar-refractivity contribution >= 4 is 11.4 Å². The lowest BCUT2D eigenvalue weighted by molar-refractivity contribution is 0.993. The fraction of sp³-hybridized carbons (Fsp3) is 0.214. The standard InChI is InChI=1S/C28H29N/c1-20-12-8-10-16-25(20)26-18-19-28(23(4)22(26)3)29(24-14-6-5-7-15-24)27-17-11-9-13-21(27)2/h6,8-19H,5,7H2,1-4H3. The average molecular weight is 380 g/mol. The van der Waals surface area contributed by atoms with Gasteiger partial charge in [-0.1, -0.05) is 60.7 Å². The molecule has 1 aliphatic rings. The summed E-state index contributed by atoms with van der Waals surface area (Å²) in [7, 11) is 0. The Bertz CT molecular complexity index is 1100. The van der Waals surface area contributed by atoms with Crippen LogP contribution in [0.3, 0.4) is 0 Å². The van der Waals surface area contributed by atoms with Gasteiger partial charge >= 0.3 is 0 Å². The number of benzene rings is 3. The zero-order valence-corrected chi connectivity index (χ0v) is 17.9. The van der Waals surface area contributed by atoms with Crippen LogP contribution in [0.25, 0.3) is 11.1 Å². The van der Waals surface area contributed by atoms with Crippen molar-refractivity contribution < 1.29 is 0 Å². The molecule has 0 amide bonds. The number of para-hydroxylation sites is 1.